The van der Waals surface area contributed by atoms with Crippen LogP contribution in [0, 0.1) is 0 Å². The molecule has 0 saturated heterocycles. The van der Waals surface area contributed by atoms with Crippen molar-refractivity contribution >= 4 is 0 Å². The molecule has 1 N–H and O–H groups in total. The number of nitrogens with one attached hydrogen (secondary N) is 1. The van der Waals surface area contributed by atoms with Crippen molar-refractivity contribution in [3.8, 4) is 5.88 Å². The van der Waals surface area contributed by atoms with Crippen LogP contribution in [0.5, 0.6) is 5.88 Å². The van der Waals surface area contributed by atoms with Gasteiger partial charge in [0.2, 0.25) is 5.88 Å². The Morgan fingerprint density at radius 1 is 1.26 bits per heavy atom. The Bertz CT molecular complexity index is 360. The van der Waals surface area contributed by atoms with Crippen molar-refractivity contribution in [3.63, 3.8) is 0 Å². The molecule has 1 aliphatic rings. The highest BCUT2D eigenvalue weighted by molar-refractivity contribution is 5.20. The molecule has 1 heterocycles. The van der Waals surface area contributed by atoms with Gasteiger partial charge in [-0.15, -0.1) is 0 Å². The van der Waals surface area contributed by atoms with Gasteiger partial charge < -0.3 is 10.1 Å². The molecular weight excluding hydrogens is 236 g/mol. The van der Waals surface area contributed by atoms with E-state index in [1.54, 1.807) is 0 Å². The molecule has 1 fully saturated rings. The second-order valence-electron chi connectivity index (χ2n) is 5.41. The van der Waals surface area contributed by atoms with Crippen LogP contribution in [-0.2, 0) is 6.54 Å². The molecule has 0 aliphatic heterocycles. The van der Waals surface area contributed by atoms with Crippen LogP contribution in [0.4, 0.5) is 0 Å². The standard InChI is InChI=1S/C16H26N2O/c1-2-10-17-13-14-9-11-18-16(12-14)19-15-7-5-3-4-6-8-15/h9,11-12,15,17H,2-8,10,13H2,1H3. The maximum atomic E-state index is 6.04. The average molecular weight is 262 g/mol. The largest absolute Gasteiger partial charge is 0.474 e. The first-order valence-corrected chi connectivity index (χ1v) is 7.71. The normalized spacial score (nSPS) is 17.1. The van der Waals surface area contributed by atoms with E-state index in [4.69, 9.17) is 4.74 Å². The van der Waals surface area contributed by atoms with Crippen molar-refractivity contribution < 1.29 is 4.74 Å². The molecule has 3 nitrogen and oxygen atoms in total. The number of nitrogens with zero attached hydrogens (tertiary/aromatic N) is 1. The molecule has 19 heavy (non-hydrogen) atoms. The van der Waals surface area contributed by atoms with Gasteiger partial charge in [0.1, 0.15) is 6.10 Å². The van der Waals surface area contributed by atoms with Gasteiger partial charge in [-0.25, -0.2) is 4.98 Å². The van der Waals surface area contributed by atoms with Crippen LogP contribution in [0.1, 0.15) is 57.4 Å². The molecule has 1 saturated carbocycles. The Kier molecular flexibility index (Phi) is 6.15. The van der Waals surface area contributed by atoms with Gasteiger partial charge in [-0.3, -0.25) is 0 Å². The highest BCUT2D eigenvalue weighted by Crippen LogP contribution is 2.22. The molecule has 0 radical (unpaired) electrons. The molecule has 0 atom stereocenters. The molecule has 1 aliphatic carbocycles. The monoisotopic (exact) mass is 262 g/mol. The van der Waals surface area contributed by atoms with Crippen molar-refractivity contribution in [2.24, 2.45) is 0 Å². The number of aromatic nitrogens is 1. The molecular formula is C16H26N2O. The van der Waals surface area contributed by atoms with Gasteiger partial charge >= 0.3 is 0 Å². The van der Waals surface area contributed by atoms with Crippen molar-refractivity contribution in [2.75, 3.05) is 6.54 Å². The van der Waals surface area contributed by atoms with Crippen LogP contribution in [-0.4, -0.2) is 17.6 Å². The van der Waals surface area contributed by atoms with Crippen LogP contribution >= 0.6 is 0 Å². The minimum atomic E-state index is 0.369. The van der Waals surface area contributed by atoms with E-state index >= 15 is 0 Å². The molecule has 3 heteroatoms. The van der Waals surface area contributed by atoms with Crippen LogP contribution in [0.15, 0.2) is 18.3 Å². The van der Waals surface area contributed by atoms with E-state index in [0.29, 0.717) is 6.10 Å². The Hall–Kier alpha value is -1.09. The van der Waals surface area contributed by atoms with Gasteiger partial charge in [-0.1, -0.05) is 19.8 Å². The van der Waals surface area contributed by atoms with Gasteiger partial charge in [0.25, 0.3) is 0 Å². The summed E-state index contributed by atoms with van der Waals surface area (Å²) in [7, 11) is 0. The Morgan fingerprint density at radius 2 is 2.05 bits per heavy atom. The first-order chi connectivity index (χ1) is 9.38. The highest BCUT2D eigenvalue weighted by Gasteiger charge is 2.14. The number of ether oxygens (including phenoxy) is 1. The second kappa shape index (κ2) is 8.16. The second-order valence-corrected chi connectivity index (χ2v) is 5.41. The van der Waals surface area contributed by atoms with Crippen LogP contribution in [0.3, 0.4) is 0 Å². The van der Waals surface area contributed by atoms with Gasteiger partial charge in [-0.2, -0.15) is 0 Å². The summed E-state index contributed by atoms with van der Waals surface area (Å²) in [5.41, 5.74) is 1.26. The number of pyridine rings is 1. The zero-order valence-corrected chi connectivity index (χ0v) is 12.0. The Balaban J connectivity index is 1.86. The molecule has 1 aromatic heterocycles. The maximum absolute atomic E-state index is 6.04. The summed E-state index contributed by atoms with van der Waals surface area (Å²) in [5.74, 6) is 0.794. The van der Waals surface area contributed by atoms with Crippen molar-refractivity contribution in [1.29, 1.82) is 0 Å². The third kappa shape index (κ3) is 5.19. The Morgan fingerprint density at radius 3 is 2.79 bits per heavy atom. The minimum absolute atomic E-state index is 0.369. The van der Waals surface area contributed by atoms with E-state index in [9.17, 15) is 0 Å². The first kappa shape index (κ1) is 14.3. The first-order valence-electron chi connectivity index (χ1n) is 7.71. The summed E-state index contributed by atoms with van der Waals surface area (Å²) >= 11 is 0. The summed E-state index contributed by atoms with van der Waals surface area (Å²) in [6.07, 6.45) is 11.0. The lowest BCUT2D eigenvalue weighted by molar-refractivity contribution is 0.176. The summed E-state index contributed by atoms with van der Waals surface area (Å²) in [5, 5.41) is 3.41. The quantitative estimate of drug-likeness (QED) is 0.627. The fourth-order valence-corrected chi connectivity index (χ4v) is 2.56. The lowest BCUT2D eigenvalue weighted by atomic mass is 10.1. The summed E-state index contributed by atoms with van der Waals surface area (Å²) < 4.78 is 6.04. The maximum Gasteiger partial charge on any atom is 0.213 e. The van der Waals surface area contributed by atoms with Crippen molar-refractivity contribution in [2.45, 2.75) is 64.5 Å². The van der Waals surface area contributed by atoms with E-state index in [1.165, 1.54) is 44.1 Å². The minimum Gasteiger partial charge on any atom is -0.474 e. The molecule has 2 rings (SSSR count). The van der Waals surface area contributed by atoms with Crippen LogP contribution in [0.2, 0.25) is 0 Å². The molecule has 0 spiro atoms. The van der Waals surface area contributed by atoms with Gasteiger partial charge in [0.05, 0.1) is 0 Å². The fourth-order valence-electron chi connectivity index (χ4n) is 2.56. The number of rotatable bonds is 6. The van der Waals surface area contributed by atoms with Crippen LogP contribution in [0.25, 0.3) is 0 Å². The SMILES string of the molecule is CCCNCc1ccnc(OC2CCCCCC2)c1. The van der Waals surface area contributed by atoms with E-state index in [1.807, 2.05) is 6.20 Å². The van der Waals surface area contributed by atoms with Crippen LogP contribution < -0.4 is 10.1 Å². The molecule has 0 bridgehead atoms. The topological polar surface area (TPSA) is 34.2 Å². The van der Waals surface area contributed by atoms with Gasteiger partial charge in [-0.05, 0) is 50.3 Å². The number of hydrogen-bond donors (Lipinski definition) is 1. The smallest absolute Gasteiger partial charge is 0.213 e. The van der Waals surface area contributed by atoms with E-state index in [2.05, 4.69) is 29.4 Å². The predicted molar refractivity (Wildman–Crippen MR) is 78.4 cm³/mol. The molecule has 0 unspecified atom stereocenters. The van der Waals surface area contributed by atoms with E-state index in [0.717, 1.165) is 25.4 Å². The summed E-state index contributed by atoms with van der Waals surface area (Å²) in [6, 6.07) is 4.14. The molecule has 0 aromatic carbocycles. The van der Waals surface area contributed by atoms with E-state index in [-0.39, 0.29) is 0 Å². The zero-order chi connectivity index (χ0) is 13.3. The Labute approximate surface area is 116 Å². The third-order valence-corrected chi connectivity index (χ3v) is 3.64. The molecule has 106 valence electrons. The van der Waals surface area contributed by atoms with Gasteiger partial charge in [0, 0.05) is 18.8 Å². The molecule has 1 aromatic rings. The van der Waals surface area contributed by atoms with E-state index < -0.39 is 0 Å². The highest BCUT2D eigenvalue weighted by atomic mass is 16.5. The number of hydrogen-bond acceptors (Lipinski definition) is 3. The molecule has 0 amide bonds. The zero-order valence-electron chi connectivity index (χ0n) is 12.0. The predicted octanol–water partition coefficient (Wildman–Crippen LogP) is 3.68. The third-order valence-electron chi connectivity index (χ3n) is 3.64. The summed E-state index contributed by atoms with van der Waals surface area (Å²) in [4.78, 5) is 4.34. The average Bonchev–Trinajstić information content (AvgIpc) is 2.68. The van der Waals surface area contributed by atoms with Gasteiger partial charge in [0.15, 0.2) is 0 Å². The lowest BCUT2D eigenvalue weighted by Crippen LogP contribution is -2.17. The van der Waals surface area contributed by atoms with Crippen molar-refractivity contribution in [1.82, 2.24) is 10.3 Å². The fraction of sp³-hybridized carbons (Fsp3) is 0.688. The lowest BCUT2D eigenvalue weighted by Gasteiger charge is -2.16. The van der Waals surface area contributed by atoms with Crippen molar-refractivity contribution in [3.05, 3.63) is 23.9 Å². The summed E-state index contributed by atoms with van der Waals surface area (Å²) in [6.45, 7) is 4.14.